The van der Waals surface area contributed by atoms with Gasteiger partial charge < -0.3 is 10.0 Å². The smallest absolute Gasteiger partial charge is 0.409 e. The Hall–Kier alpha value is -1.75. The van der Waals surface area contributed by atoms with Crippen LogP contribution in [0, 0.1) is 0 Å². The van der Waals surface area contributed by atoms with Crippen LogP contribution in [0.3, 0.4) is 0 Å². The van der Waals surface area contributed by atoms with Gasteiger partial charge in [-0.15, -0.1) is 0 Å². The summed E-state index contributed by atoms with van der Waals surface area (Å²) < 4.78 is 0. The maximum Gasteiger partial charge on any atom is 0.409 e. The van der Waals surface area contributed by atoms with E-state index in [-0.39, 0.29) is 5.92 Å². The second kappa shape index (κ2) is 6.40. The number of fused-ring (bicyclic) bond motifs is 1. The molecule has 23 heavy (non-hydrogen) atoms. The van der Waals surface area contributed by atoms with Crippen molar-refractivity contribution < 1.29 is 9.90 Å². The first kappa shape index (κ1) is 16.1. The zero-order valence-corrected chi connectivity index (χ0v) is 14.0. The Morgan fingerprint density at radius 3 is 2.61 bits per heavy atom. The van der Waals surface area contributed by atoms with Crippen LogP contribution in [0.1, 0.15) is 22.6 Å². The number of nitrogens with zero attached hydrogens (tertiary/aromatic N) is 1. The molecule has 120 valence electrons. The molecule has 6 heteroatoms. The minimum atomic E-state index is -1.07. The van der Waals surface area contributed by atoms with Crippen molar-refractivity contribution in [3.05, 3.63) is 63.1 Å². The molecule has 3 rings (SSSR count). The van der Waals surface area contributed by atoms with E-state index in [4.69, 9.17) is 28.3 Å². The van der Waals surface area contributed by atoms with Crippen molar-refractivity contribution in [1.82, 2.24) is 4.90 Å². The number of halogens is 2. The van der Waals surface area contributed by atoms with Gasteiger partial charge >= 0.3 is 6.09 Å². The van der Waals surface area contributed by atoms with Crippen molar-refractivity contribution in [1.29, 1.82) is 0 Å². The van der Waals surface area contributed by atoms with Crippen LogP contribution in [0.2, 0.25) is 10.0 Å². The van der Waals surface area contributed by atoms with Crippen molar-refractivity contribution in [2.45, 2.75) is 12.5 Å². The summed E-state index contributed by atoms with van der Waals surface area (Å²) >= 11 is 12.5. The normalized spacial score (nSPS) is 17.6. The molecule has 1 heterocycles. The van der Waals surface area contributed by atoms with Crippen LogP contribution in [0.25, 0.3) is 0 Å². The number of rotatable bonds is 2. The van der Waals surface area contributed by atoms with E-state index in [1.54, 1.807) is 18.2 Å². The molecule has 0 spiro atoms. The number of carbonyl (C=O) groups is 1. The molecule has 1 aliphatic rings. The number of hydrogen-bond donors (Lipinski definition) is 2. The number of amides is 1. The molecule has 0 bridgehead atoms. The average molecular weight is 351 g/mol. The lowest BCUT2D eigenvalue weighted by atomic mass is 9.85. The third-order valence-corrected chi connectivity index (χ3v) is 4.61. The lowest BCUT2D eigenvalue weighted by Crippen LogP contribution is -2.31. The summed E-state index contributed by atoms with van der Waals surface area (Å²) in [6.45, 7) is 1.65. The third-order valence-electron chi connectivity index (χ3n) is 4.06. The summed E-state index contributed by atoms with van der Waals surface area (Å²) in [5.41, 5.74) is 3.89. The average Bonchev–Trinajstić information content (AvgIpc) is 2.48. The van der Waals surface area contributed by atoms with E-state index in [0.717, 1.165) is 29.8 Å². The van der Waals surface area contributed by atoms with Crippen molar-refractivity contribution in [2.24, 2.45) is 0 Å². The minimum absolute atomic E-state index is 0.152. The fourth-order valence-corrected chi connectivity index (χ4v) is 3.62. The van der Waals surface area contributed by atoms with E-state index < -0.39 is 6.09 Å². The highest BCUT2D eigenvalue weighted by Gasteiger charge is 2.27. The van der Waals surface area contributed by atoms with Crippen LogP contribution in [0.4, 0.5) is 10.5 Å². The summed E-state index contributed by atoms with van der Waals surface area (Å²) in [7, 11) is 2.06. The lowest BCUT2D eigenvalue weighted by molar-refractivity contribution is 0.210. The molecule has 1 aliphatic heterocycles. The monoisotopic (exact) mass is 350 g/mol. The maximum absolute atomic E-state index is 10.7. The Balaban J connectivity index is 1.99. The largest absolute Gasteiger partial charge is 0.465 e. The van der Waals surface area contributed by atoms with Gasteiger partial charge in [-0.1, -0.05) is 35.3 Å². The molecular weight excluding hydrogens is 335 g/mol. The molecule has 0 saturated carbocycles. The molecule has 4 nitrogen and oxygen atoms in total. The van der Waals surface area contributed by atoms with Gasteiger partial charge in [-0.25, -0.2) is 4.79 Å². The van der Waals surface area contributed by atoms with Crippen LogP contribution >= 0.6 is 23.2 Å². The molecule has 1 atom stereocenters. The van der Waals surface area contributed by atoms with Gasteiger partial charge in [0.25, 0.3) is 0 Å². The zero-order chi connectivity index (χ0) is 16.6. The van der Waals surface area contributed by atoms with E-state index in [9.17, 15) is 4.79 Å². The highest BCUT2D eigenvalue weighted by Crippen LogP contribution is 2.38. The van der Waals surface area contributed by atoms with Crippen LogP contribution in [-0.2, 0) is 6.54 Å². The van der Waals surface area contributed by atoms with Crippen LogP contribution in [-0.4, -0.2) is 29.7 Å². The Morgan fingerprint density at radius 1 is 1.26 bits per heavy atom. The predicted octanol–water partition coefficient (Wildman–Crippen LogP) is 4.66. The van der Waals surface area contributed by atoms with E-state index in [1.165, 1.54) is 0 Å². The quantitative estimate of drug-likeness (QED) is 0.827. The molecular formula is C17H16Cl2N2O2. The van der Waals surface area contributed by atoms with Gasteiger partial charge in [-0.05, 0) is 48.0 Å². The fourth-order valence-electron chi connectivity index (χ4n) is 3.05. The third kappa shape index (κ3) is 3.44. The number of likely N-dealkylation sites (N-methyl/N-ethyl adjacent to an activating group) is 1. The first-order valence-corrected chi connectivity index (χ1v) is 7.96. The summed E-state index contributed by atoms with van der Waals surface area (Å²) in [6, 6.07) is 11.2. The Morgan fingerprint density at radius 2 is 1.96 bits per heavy atom. The van der Waals surface area contributed by atoms with Crippen LogP contribution in [0.15, 0.2) is 36.4 Å². The summed E-state index contributed by atoms with van der Waals surface area (Å²) in [5, 5.41) is 12.4. The highest BCUT2D eigenvalue weighted by atomic mass is 35.5. The minimum Gasteiger partial charge on any atom is -0.465 e. The van der Waals surface area contributed by atoms with Gasteiger partial charge in [0.15, 0.2) is 0 Å². The van der Waals surface area contributed by atoms with Crippen molar-refractivity contribution >= 4 is 35.0 Å². The molecule has 2 aromatic carbocycles. The van der Waals surface area contributed by atoms with Gasteiger partial charge in [0.05, 0.1) is 0 Å². The van der Waals surface area contributed by atoms with Crippen molar-refractivity contribution in [3.8, 4) is 0 Å². The molecule has 0 aromatic heterocycles. The SMILES string of the molecule is CN1Cc2c(Cl)cc(Cl)cc2C(c2ccc(NC(=O)O)cc2)C1. The standard InChI is InChI=1S/C17H16Cl2N2O2/c1-21-8-14(10-2-4-12(5-3-10)20-17(22)23)13-6-11(18)7-16(19)15(13)9-21/h2-7,14,20H,8-9H2,1H3,(H,22,23). The summed E-state index contributed by atoms with van der Waals surface area (Å²) in [5.74, 6) is 0.152. The molecule has 1 unspecified atom stereocenters. The second-order valence-corrected chi connectivity index (χ2v) is 6.60. The predicted molar refractivity (Wildman–Crippen MR) is 92.7 cm³/mol. The fraction of sp³-hybridized carbons (Fsp3) is 0.235. The van der Waals surface area contributed by atoms with Crippen molar-refractivity contribution in [2.75, 3.05) is 18.9 Å². The number of anilines is 1. The second-order valence-electron chi connectivity index (χ2n) is 5.76. The maximum atomic E-state index is 10.7. The highest BCUT2D eigenvalue weighted by molar-refractivity contribution is 6.35. The van der Waals surface area contributed by atoms with E-state index in [1.807, 2.05) is 18.2 Å². The van der Waals surface area contributed by atoms with E-state index in [2.05, 4.69) is 17.3 Å². The number of nitrogens with one attached hydrogen (secondary N) is 1. The van der Waals surface area contributed by atoms with Crippen LogP contribution in [0.5, 0.6) is 0 Å². The molecule has 1 amide bonds. The molecule has 2 aromatic rings. The zero-order valence-electron chi connectivity index (χ0n) is 12.5. The van der Waals surface area contributed by atoms with Gasteiger partial charge in [-0.3, -0.25) is 5.32 Å². The topological polar surface area (TPSA) is 52.6 Å². The molecule has 0 radical (unpaired) electrons. The first-order chi connectivity index (χ1) is 10.9. The Labute approximate surface area is 144 Å². The van der Waals surface area contributed by atoms with Gasteiger partial charge in [0.1, 0.15) is 0 Å². The number of hydrogen-bond acceptors (Lipinski definition) is 2. The molecule has 2 N–H and O–H groups in total. The summed E-state index contributed by atoms with van der Waals surface area (Å²) in [4.78, 5) is 12.9. The number of carboxylic acid groups (broad SMARTS) is 1. The van der Waals surface area contributed by atoms with E-state index in [0.29, 0.717) is 15.7 Å². The molecule has 0 fully saturated rings. The first-order valence-electron chi connectivity index (χ1n) is 7.20. The van der Waals surface area contributed by atoms with Gasteiger partial charge in [0.2, 0.25) is 0 Å². The van der Waals surface area contributed by atoms with Crippen LogP contribution < -0.4 is 5.32 Å². The summed E-state index contributed by atoms with van der Waals surface area (Å²) in [6.07, 6.45) is -1.07. The van der Waals surface area contributed by atoms with Gasteiger partial charge in [-0.2, -0.15) is 0 Å². The van der Waals surface area contributed by atoms with Gasteiger partial charge in [0, 0.05) is 34.7 Å². The van der Waals surface area contributed by atoms with E-state index >= 15 is 0 Å². The Bertz CT molecular complexity index is 747. The number of benzene rings is 2. The molecule has 0 saturated heterocycles. The molecule has 0 aliphatic carbocycles. The lowest BCUT2D eigenvalue weighted by Gasteiger charge is -2.33. The van der Waals surface area contributed by atoms with Crippen molar-refractivity contribution in [3.63, 3.8) is 0 Å². The Kier molecular flexibility index (Phi) is 4.48.